The summed E-state index contributed by atoms with van der Waals surface area (Å²) >= 11 is 12.5. The maximum atomic E-state index is 14.5. The average Bonchev–Trinajstić information content (AvgIpc) is 3.04. The Kier molecular flexibility index (Phi) is 12.2. The van der Waals surface area contributed by atoms with Gasteiger partial charge in [0.1, 0.15) is 18.4 Å². The third kappa shape index (κ3) is 9.09. The molecule has 2 amide bonds. The molecular formula is C35H36Cl2FN3O4S. The number of nitrogens with zero attached hydrogens (tertiary/aromatic N) is 2. The van der Waals surface area contributed by atoms with E-state index in [0.29, 0.717) is 12.1 Å². The SMILES string of the molecule is CCCCNC(=O)[C@H](Cc1ccccc1)N(Cc1ccc(F)cc1)C(=O)CN(c1ccc(Cl)c(Cl)c1)S(=O)(=O)c1ccc(C)cc1. The Morgan fingerprint density at radius 3 is 2.17 bits per heavy atom. The molecule has 0 aromatic heterocycles. The Balaban J connectivity index is 1.80. The number of carbonyl (C=O) groups is 2. The molecule has 1 atom stereocenters. The van der Waals surface area contributed by atoms with Crippen LogP contribution in [-0.2, 0) is 32.6 Å². The van der Waals surface area contributed by atoms with Crippen LogP contribution in [0.25, 0.3) is 0 Å². The van der Waals surface area contributed by atoms with Crippen molar-refractivity contribution in [1.82, 2.24) is 10.2 Å². The van der Waals surface area contributed by atoms with Crippen molar-refractivity contribution in [3.8, 4) is 0 Å². The van der Waals surface area contributed by atoms with Crippen LogP contribution in [0.15, 0.2) is 102 Å². The molecule has 0 fully saturated rings. The maximum Gasteiger partial charge on any atom is 0.264 e. The predicted molar refractivity (Wildman–Crippen MR) is 181 cm³/mol. The van der Waals surface area contributed by atoms with Crippen molar-refractivity contribution < 1.29 is 22.4 Å². The predicted octanol–water partition coefficient (Wildman–Crippen LogP) is 7.19. The van der Waals surface area contributed by atoms with Gasteiger partial charge in [-0.15, -0.1) is 0 Å². The lowest BCUT2D eigenvalue weighted by atomic mass is 10.0. The molecule has 0 aliphatic carbocycles. The summed E-state index contributed by atoms with van der Waals surface area (Å²) in [4.78, 5) is 29.6. The number of benzene rings is 4. The van der Waals surface area contributed by atoms with E-state index in [0.717, 1.165) is 28.3 Å². The molecule has 1 N–H and O–H groups in total. The summed E-state index contributed by atoms with van der Waals surface area (Å²) in [6.07, 6.45) is 1.77. The lowest BCUT2D eigenvalue weighted by Crippen LogP contribution is -2.53. The molecule has 7 nitrogen and oxygen atoms in total. The first-order valence-electron chi connectivity index (χ1n) is 14.9. The summed E-state index contributed by atoms with van der Waals surface area (Å²) in [5.41, 5.74) is 2.36. The first-order chi connectivity index (χ1) is 22.0. The first-order valence-corrected chi connectivity index (χ1v) is 17.1. The van der Waals surface area contributed by atoms with Crippen molar-refractivity contribution in [3.05, 3.63) is 130 Å². The number of sulfonamides is 1. The van der Waals surface area contributed by atoms with Gasteiger partial charge in [0.15, 0.2) is 0 Å². The van der Waals surface area contributed by atoms with Crippen LogP contribution in [0.4, 0.5) is 10.1 Å². The van der Waals surface area contributed by atoms with Crippen molar-refractivity contribution in [2.45, 2.75) is 50.6 Å². The number of aryl methyl sites for hydroxylation is 1. The Morgan fingerprint density at radius 2 is 1.54 bits per heavy atom. The molecule has 0 saturated carbocycles. The fourth-order valence-electron chi connectivity index (χ4n) is 4.85. The van der Waals surface area contributed by atoms with E-state index in [9.17, 15) is 22.4 Å². The van der Waals surface area contributed by atoms with Gasteiger partial charge in [-0.05, 0) is 66.9 Å². The van der Waals surface area contributed by atoms with Gasteiger partial charge in [-0.25, -0.2) is 12.8 Å². The van der Waals surface area contributed by atoms with Crippen LogP contribution < -0.4 is 9.62 Å². The molecule has 242 valence electrons. The minimum atomic E-state index is -4.30. The van der Waals surface area contributed by atoms with E-state index in [2.05, 4.69) is 5.32 Å². The second-order valence-corrected chi connectivity index (χ2v) is 13.6. The van der Waals surface area contributed by atoms with E-state index < -0.39 is 34.3 Å². The van der Waals surface area contributed by atoms with Gasteiger partial charge in [0.05, 0.1) is 20.6 Å². The van der Waals surface area contributed by atoms with Gasteiger partial charge >= 0.3 is 0 Å². The number of hydrogen-bond acceptors (Lipinski definition) is 4. The summed E-state index contributed by atoms with van der Waals surface area (Å²) in [6, 6.07) is 24.4. The van der Waals surface area contributed by atoms with Crippen LogP contribution in [0.3, 0.4) is 0 Å². The molecule has 4 aromatic rings. The van der Waals surface area contributed by atoms with E-state index >= 15 is 0 Å². The number of hydrogen-bond donors (Lipinski definition) is 1. The Labute approximate surface area is 280 Å². The van der Waals surface area contributed by atoms with Crippen molar-refractivity contribution in [2.24, 2.45) is 0 Å². The molecule has 0 heterocycles. The van der Waals surface area contributed by atoms with E-state index in [1.807, 2.05) is 44.2 Å². The molecule has 0 bridgehead atoms. The van der Waals surface area contributed by atoms with Crippen LogP contribution in [0.5, 0.6) is 0 Å². The molecular weight excluding hydrogens is 648 g/mol. The molecule has 4 aromatic carbocycles. The van der Waals surface area contributed by atoms with Gasteiger partial charge in [-0.3, -0.25) is 13.9 Å². The molecule has 0 aliphatic rings. The molecule has 4 rings (SSSR count). The number of carbonyl (C=O) groups excluding carboxylic acids is 2. The third-order valence-electron chi connectivity index (χ3n) is 7.45. The fourth-order valence-corrected chi connectivity index (χ4v) is 6.55. The second-order valence-electron chi connectivity index (χ2n) is 10.9. The van der Waals surface area contributed by atoms with Crippen molar-refractivity contribution in [1.29, 1.82) is 0 Å². The van der Waals surface area contributed by atoms with Crippen LogP contribution in [-0.4, -0.2) is 44.3 Å². The van der Waals surface area contributed by atoms with Crippen LogP contribution >= 0.6 is 23.2 Å². The smallest absolute Gasteiger partial charge is 0.264 e. The van der Waals surface area contributed by atoms with Gasteiger partial charge in [-0.2, -0.15) is 0 Å². The standard InChI is InChI=1S/C35H36Cl2FN3O4S/c1-3-4-20-39-35(43)33(21-26-8-6-5-7-9-26)40(23-27-12-14-28(38)15-13-27)34(42)24-41(29-16-19-31(36)32(37)22-29)46(44,45)30-17-10-25(2)11-18-30/h5-19,22,33H,3-4,20-21,23-24H2,1-2H3,(H,39,43)/t33-/m0/s1. The van der Waals surface area contributed by atoms with Crippen molar-refractivity contribution >= 4 is 50.7 Å². The van der Waals surface area contributed by atoms with Crippen molar-refractivity contribution in [3.63, 3.8) is 0 Å². The number of amides is 2. The first kappa shape index (κ1) is 34.9. The summed E-state index contributed by atoms with van der Waals surface area (Å²) in [6.45, 7) is 3.53. The highest BCUT2D eigenvalue weighted by atomic mass is 35.5. The van der Waals surface area contributed by atoms with E-state index in [1.165, 1.54) is 59.5 Å². The second kappa shape index (κ2) is 16.1. The van der Waals surface area contributed by atoms with Crippen LogP contribution in [0.1, 0.15) is 36.5 Å². The lowest BCUT2D eigenvalue weighted by Gasteiger charge is -2.34. The Bertz CT molecular complexity index is 1740. The van der Waals surface area contributed by atoms with Gasteiger partial charge < -0.3 is 10.2 Å². The topological polar surface area (TPSA) is 86.8 Å². The van der Waals surface area contributed by atoms with Gasteiger partial charge in [0, 0.05) is 19.5 Å². The monoisotopic (exact) mass is 683 g/mol. The van der Waals surface area contributed by atoms with Crippen LogP contribution in [0.2, 0.25) is 10.0 Å². The maximum absolute atomic E-state index is 14.5. The zero-order valence-electron chi connectivity index (χ0n) is 25.6. The average molecular weight is 685 g/mol. The van der Waals surface area contributed by atoms with Gasteiger partial charge in [0.25, 0.3) is 10.0 Å². The Hall–Kier alpha value is -3.92. The fraction of sp³-hybridized carbons (Fsp3) is 0.257. The minimum absolute atomic E-state index is 0.0276. The number of anilines is 1. The van der Waals surface area contributed by atoms with Crippen molar-refractivity contribution in [2.75, 3.05) is 17.4 Å². The van der Waals surface area contributed by atoms with Gasteiger partial charge in [0.2, 0.25) is 11.8 Å². The van der Waals surface area contributed by atoms with Gasteiger partial charge in [-0.1, -0.05) is 96.7 Å². The number of rotatable bonds is 14. The van der Waals surface area contributed by atoms with E-state index in [4.69, 9.17) is 23.2 Å². The molecule has 11 heteroatoms. The summed E-state index contributed by atoms with van der Waals surface area (Å²) in [7, 11) is -4.30. The highest BCUT2D eigenvalue weighted by Gasteiger charge is 2.34. The molecule has 0 saturated heterocycles. The largest absolute Gasteiger partial charge is 0.354 e. The molecule has 0 radical (unpaired) electrons. The molecule has 0 aliphatic heterocycles. The van der Waals surface area contributed by atoms with Crippen LogP contribution in [0, 0.1) is 12.7 Å². The molecule has 46 heavy (non-hydrogen) atoms. The Morgan fingerprint density at radius 1 is 0.870 bits per heavy atom. The quantitative estimate of drug-likeness (QED) is 0.143. The third-order valence-corrected chi connectivity index (χ3v) is 9.97. The zero-order chi connectivity index (χ0) is 33.3. The number of unbranched alkanes of at least 4 members (excludes halogenated alkanes) is 1. The van der Waals surface area contributed by atoms with E-state index in [-0.39, 0.29) is 39.5 Å². The highest BCUT2D eigenvalue weighted by molar-refractivity contribution is 7.92. The highest BCUT2D eigenvalue weighted by Crippen LogP contribution is 2.31. The van der Waals surface area contributed by atoms with E-state index in [1.54, 1.807) is 12.1 Å². The summed E-state index contributed by atoms with van der Waals surface area (Å²) in [5.74, 6) is -1.47. The normalized spacial score (nSPS) is 11.9. The summed E-state index contributed by atoms with van der Waals surface area (Å²) in [5, 5.41) is 3.26. The minimum Gasteiger partial charge on any atom is -0.354 e. The molecule has 0 unspecified atom stereocenters. The zero-order valence-corrected chi connectivity index (χ0v) is 28.0. The molecule has 0 spiro atoms. The number of nitrogens with one attached hydrogen (secondary N) is 1. The lowest BCUT2D eigenvalue weighted by molar-refractivity contribution is -0.140. The number of halogens is 3. The summed E-state index contributed by atoms with van der Waals surface area (Å²) < 4.78 is 43.0.